The molecule has 0 unspecified atom stereocenters. The number of aryl methyl sites for hydroxylation is 2. The van der Waals surface area contributed by atoms with Gasteiger partial charge in [0.2, 0.25) is 0 Å². The molecule has 0 fully saturated rings. The molecular weight excluding hydrogens is 209 g/mol. The highest BCUT2D eigenvalue weighted by atomic mass is 19.1. The SMILES string of the molecule is CC.Cc1ccc2c(c1)oc(=O)n2CCF. The molecule has 0 saturated carbocycles. The number of hydrogen-bond acceptors (Lipinski definition) is 2. The van der Waals surface area contributed by atoms with Crippen LogP contribution in [0.5, 0.6) is 0 Å². The zero-order chi connectivity index (χ0) is 12.1. The van der Waals surface area contributed by atoms with Gasteiger partial charge in [-0.25, -0.2) is 9.18 Å². The van der Waals surface area contributed by atoms with E-state index in [0.29, 0.717) is 11.1 Å². The topological polar surface area (TPSA) is 35.1 Å². The first kappa shape index (κ1) is 12.5. The van der Waals surface area contributed by atoms with E-state index in [4.69, 9.17) is 4.42 Å². The van der Waals surface area contributed by atoms with Crippen LogP contribution in [0.3, 0.4) is 0 Å². The summed E-state index contributed by atoms with van der Waals surface area (Å²) >= 11 is 0. The molecule has 0 bridgehead atoms. The largest absolute Gasteiger partial charge is 0.420 e. The lowest BCUT2D eigenvalue weighted by Crippen LogP contribution is -2.14. The van der Waals surface area contributed by atoms with E-state index in [9.17, 15) is 9.18 Å². The molecule has 2 aromatic rings. The molecule has 0 aliphatic rings. The van der Waals surface area contributed by atoms with E-state index in [1.165, 1.54) is 4.57 Å². The summed E-state index contributed by atoms with van der Waals surface area (Å²) in [6.07, 6.45) is 0. The predicted octanol–water partition coefficient (Wildman–Crippen LogP) is 2.90. The van der Waals surface area contributed by atoms with Crippen molar-refractivity contribution in [2.24, 2.45) is 0 Å². The zero-order valence-corrected chi connectivity index (χ0v) is 9.79. The molecule has 0 radical (unpaired) electrons. The molecule has 0 N–H and O–H groups in total. The molecule has 0 amide bonds. The Morgan fingerprint density at radius 2 is 2.06 bits per heavy atom. The van der Waals surface area contributed by atoms with Crippen LogP contribution < -0.4 is 5.76 Å². The van der Waals surface area contributed by atoms with Crippen molar-refractivity contribution in [1.29, 1.82) is 0 Å². The fraction of sp³-hybridized carbons (Fsp3) is 0.417. The molecule has 1 aromatic carbocycles. The maximum atomic E-state index is 12.1. The molecule has 0 aliphatic carbocycles. The van der Waals surface area contributed by atoms with Crippen molar-refractivity contribution in [1.82, 2.24) is 4.57 Å². The van der Waals surface area contributed by atoms with Gasteiger partial charge >= 0.3 is 5.76 Å². The van der Waals surface area contributed by atoms with Gasteiger partial charge in [-0.1, -0.05) is 19.9 Å². The Kier molecular flexibility index (Phi) is 4.28. The number of oxazole rings is 1. The average molecular weight is 225 g/mol. The Morgan fingerprint density at radius 1 is 1.38 bits per heavy atom. The molecule has 1 heterocycles. The molecule has 0 saturated heterocycles. The molecule has 2 rings (SSSR count). The van der Waals surface area contributed by atoms with Crippen molar-refractivity contribution in [2.45, 2.75) is 27.3 Å². The van der Waals surface area contributed by atoms with Crippen LogP contribution in [-0.2, 0) is 6.54 Å². The molecule has 0 aliphatic heterocycles. The quantitative estimate of drug-likeness (QED) is 0.787. The fourth-order valence-corrected chi connectivity index (χ4v) is 1.47. The van der Waals surface area contributed by atoms with Crippen molar-refractivity contribution >= 4 is 11.1 Å². The second-order valence-electron chi connectivity index (χ2n) is 3.18. The zero-order valence-electron chi connectivity index (χ0n) is 9.79. The fourth-order valence-electron chi connectivity index (χ4n) is 1.47. The first-order valence-corrected chi connectivity index (χ1v) is 5.38. The third-order valence-corrected chi connectivity index (χ3v) is 2.13. The van der Waals surface area contributed by atoms with Crippen LogP contribution >= 0.6 is 0 Å². The predicted molar refractivity (Wildman–Crippen MR) is 62.5 cm³/mol. The maximum absolute atomic E-state index is 12.1. The number of nitrogens with zero attached hydrogens (tertiary/aromatic N) is 1. The van der Waals surface area contributed by atoms with E-state index in [2.05, 4.69) is 0 Å². The Hall–Kier alpha value is -1.58. The Labute approximate surface area is 93.5 Å². The molecule has 88 valence electrons. The van der Waals surface area contributed by atoms with E-state index in [0.717, 1.165) is 5.56 Å². The van der Waals surface area contributed by atoms with E-state index in [-0.39, 0.29) is 6.54 Å². The smallest absolute Gasteiger partial charge is 0.408 e. The first-order valence-electron chi connectivity index (χ1n) is 5.38. The van der Waals surface area contributed by atoms with Gasteiger partial charge in [-0.15, -0.1) is 0 Å². The van der Waals surface area contributed by atoms with Crippen molar-refractivity contribution in [3.8, 4) is 0 Å². The number of alkyl halides is 1. The lowest BCUT2D eigenvalue weighted by molar-refractivity contribution is 0.422. The van der Waals surface area contributed by atoms with Gasteiger partial charge in [0.1, 0.15) is 6.67 Å². The Bertz CT molecular complexity index is 513. The van der Waals surface area contributed by atoms with Gasteiger partial charge in [-0.2, -0.15) is 0 Å². The lowest BCUT2D eigenvalue weighted by Gasteiger charge is -1.96. The van der Waals surface area contributed by atoms with Crippen LogP contribution in [0.1, 0.15) is 19.4 Å². The Balaban J connectivity index is 0.000000606. The van der Waals surface area contributed by atoms with Gasteiger partial charge < -0.3 is 4.42 Å². The monoisotopic (exact) mass is 225 g/mol. The van der Waals surface area contributed by atoms with Crippen LogP contribution in [0, 0.1) is 6.92 Å². The second kappa shape index (κ2) is 5.49. The number of aromatic nitrogens is 1. The molecule has 3 nitrogen and oxygen atoms in total. The number of rotatable bonds is 2. The van der Waals surface area contributed by atoms with E-state index >= 15 is 0 Å². The highest BCUT2D eigenvalue weighted by Gasteiger charge is 2.07. The summed E-state index contributed by atoms with van der Waals surface area (Å²) < 4.78 is 18.4. The number of fused-ring (bicyclic) bond motifs is 1. The van der Waals surface area contributed by atoms with Crippen LogP contribution in [0.2, 0.25) is 0 Å². The van der Waals surface area contributed by atoms with Gasteiger partial charge in [-0.05, 0) is 24.6 Å². The van der Waals surface area contributed by atoms with E-state index in [1.54, 1.807) is 12.1 Å². The van der Waals surface area contributed by atoms with Crippen LogP contribution in [-0.4, -0.2) is 11.2 Å². The summed E-state index contributed by atoms with van der Waals surface area (Å²) in [5, 5.41) is 0. The Morgan fingerprint density at radius 3 is 2.69 bits per heavy atom. The van der Waals surface area contributed by atoms with E-state index < -0.39 is 12.4 Å². The van der Waals surface area contributed by atoms with Crippen molar-refractivity contribution in [3.63, 3.8) is 0 Å². The van der Waals surface area contributed by atoms with Gasteiger partial charge in [0.25, 0.3) is 0 Å². The van der Waals surface area contributed by atoms with Crippen LogP contribution in [0.15, 0.2) is 27.4 Å². The highest BCUT2D eigenvalue weighted by Crippen LogP contribution is 2.14. The summed E-state index contributed by atoms with van der Waals surface area (Å²) in [4.78, 5) is 11.3. The number of halogens is 1. The average Bonchev–Trinajstić information content (AvgIpc) is 2.58. The van der Waals surface area contributed by atoms with Crippen molar-refractivity contribution in [3.05, 3.63) is 34.3 Å². The second-order valence-corrected chi connectivity index (χ2v) is 3.18. The third kappa shape index (κ3) is 2.32. The van der Waals surface area contributed by atoms with Gasteiger partial charge in [0.15, 0.2) is 5.58 Å². The molecule has 0 atom stereocenters. The van der Waals surface area contributed by atoms with Gasteiger partial charge in [0, 0.05) is 0 Å². The minimum absolute atomic E-state index is 0.0505. The lowest BCUT2D eigenvalue weighted by atomic mass is 10.2. The summed E-state index contributed by atoms with van der Waals surface area (Å²) in [6.45, 7) is 5.39. The van der Waals surface area contributed by atoms with Crippen LogP contribution in [0.4, 0.5) is 4.39 Å². The third-order valence-electron chi connectivity index (χ3n) is 2.13. The van der Waals surface area contributed by atoms with Gasteiger partial charge in [0.05, 0.1) is 12.1 Å². The minimum atomic E-state index is -0.567. The summed E-state index contributed by atoms with van der Waals surface area (Å²) in [6, 6.07) is 5.41. The minimum Gasteiger partial charge on any atom is -0.408 e. The first-order chi connectivity index (χ1) is 7.72. The molecule has 0 spiro atoms. The summed E-state index contributed by atoms with van der Waals surface area (Å²) in [5.74, 6) is -0.497. The molecule has 1 aromatic heterocycles. The molecule has 16 heavy (non-hydrogen) atoms. The summed E-state index contributed by atoms with van der Waals surface area (Å²) in [7, 11) is 0. The molecule has 4 heteroatoms. The normalized spacial score (nSPS) is 10.0. The highest BCUT2D eigenvalue weighted by molar-refractivity contribution is 5.73. The summed E-state index contributed by atoms with van der Waals surface area (Å²) in [5.41, 5.74) is 2.18. The number of hydrogen-bond donors (Lipinski definition) is 0. The van der Waals surface area contributed by atoms with Crippen molar-refractivity contribution < 1.29 is 8.81 Å². The number of benzene rings is 1. The van der Waals surface area contributed by atoms with Crippen molar-refractivity contribution in [2.75, 3.05) is 6.67 Å². The maximum Gasteiger partial charge on any atom is 0.420 e. The van der Waals surface area contributed by atoms with Crippen LogP contribution in [0.25, 0.3) is 11.1 Å². The standard InChI is InChI=1S/C10H10FNO2.C2H6/c1-7-2-3-8-9(6-7)14-10(13)12(8)5-4-11;1-2/h2-3,6H,4-5H2,1H3;1-2H3. The van der Waals surface area contributed by atoms with Gasteiger partial charge in [-0.3, -0.25) is 4.57 Å². The van der Waals surface area contributed by atoms with E-state index in [1.807, 2.05) is 26.8 Å². The molecular formula is C12H16FNO2.